The van der Waals surface area contributed by atoms with Crippen LogP contribution in [0.2, 0.25) is 0 Å². The van der Waals surface area contributed by atoms with Crippen LogP contribution in [0.4, 0.5) is 0 Å². The van der Waals surface area contributed by atoms with E-state index in [9.17, 15) is 13.2 Å². The highest BCUT2D eigenvalue weighted by molar-refractivity contribution is 7.90. The van der Waals surface area contributed by atoms with Gasteiger partial charge < -0.3 is 18.9 Å². The van der Waals surface area contributed by atoms with E-state index in [2.05, 4.69) is 0 Å². The van der Waals surface area contributed by atoms with Crippen LogP contribution in [0.3, 0.4) is 0 Å². The fourth-order valence-electron chi connectivity index (χ4n) is 2.80. The van der Waals surface area contributed by atoms with E-state index in [1.807, 2.05) is 29.0 Å². The highest BCUT2D eigenvalue weighted by Gasteiger charge is 2.23. The monoisotopic (exact) mass is 431 g/mol. The number of hydrogen-bond donors (Lipinski definition) is 1. The molecule has 0 atom stereocenters. The lowest BCUT2D eigenvalue weighted by Gasteiger charge is -2.12. The molecule has 0 heterocycles. The number of carbonyl (C=O) groups is 1. The number of fused-ring (bicyclic) bond motifs is 1. The van der Waals surface area contributed by atoms with Gasteiger partial charge in [0.25, 0.3) is 15.9 Å². The zero-order valence-corrected chi connectivity index (χ0v) is 17.5. The fraction of sp³-hybridized carbons (Fsp3) is 0.190. The normalized spacial score (nSPS) is 11.0. The summed E-state index contributed by atoms with van der Waals surface area (Å²) >= 11 is 0. The largest absolute Gasteiger partial charge is 0.497 e. The number of sulfonamides is 1. The van der Waals surface area contributed by atoms with E-state index < -0.39 is 22.5 Å². The van der Waals surface area contributed by atoms with Crippen LogP contribution in [0.25, 0.3) is 10.8 Å². The van der Waals surface area contributed by atoms with Crippen LogP contribution in [0, 0.1) is 0 Å². The number of ether oxygens (including phenoxy) is 4. The molecule has 0 bridgehead atoms. The summed E-state index contributed by atoms with van der Waals surface area (Å²) in [6.45, 7) is -0.485. The Bertz CT molecular complexity index is 1180. The number of rotatable bonds is 8. The van der Waals surface area contributed by atoms with E-state index in [-0.39, 0.29) is 10.6 Å². The third-order valence-electron chi connectivity index (χ3n) is 4.30. The highest BCUT2D eigenvalue weighted by atomic mass is 32.2. The third-order valence-corrected chi connectivity index (χ3v) is 5.69. The van der Waals surface area contributed by atoms with Crippen molar-refractivity contribution >= 4 is 26.7 Å². The predicted octanol–water partition coefficient (Wildman–Crippen LogP) is 2.75. The molecule has 0 aromatic heterocycles. The summed E-state index contributed by atoms with van der Waals surface area (Å²) in [6.07, 6.45) is 0. The second kappa shape index (κ2) is 8.91. The minimum Gasteiger partial charge on any atom is -0.497 e. The maximum absolute atomic E-state index is 12.6. The number of carbonyl (C=O) groups excluding carboxylic acids is 1. The number of nitrogens with one attached hydrogen (secondary N) is 1. The lowest BCUT2D eigenvalue weighted by Crippen LogP contribution is -2.34. The van der Waals surface area contributed by atoms with Crippen molar-refractivity contribution in [3.63, 3.8) is 0 Å². The van der Waals surface area contributed by atoms with Crippen molar-refractivity contribution in [1.82, 2.24) is 4.72 Å². The Hall–Kier alpha value is -3.46. The van der Waals surface area contributed by atoms with E-state index >= 15 is 0 Å². The van der Waals surface area contributed by atoms with Gasteiger partial charge in [-0.3, -0.25) is 4.79 Å². The van der Waals surface area contributed by atoms with E-state index in [0.717, 1.165) is 10.8 Å². The molecule has 0 aliphatic heterocycles. The Kier molecular flexibility index (Phi) is 6.31. The molecule has 3 aromatic rings. The Morgan fingerprint density at radius 2 is 1.40 bits per heavy atom. The molecule has 3 aromatic carbocycles. The summed E-state index contributed by atoms with van der Waals surface area (Å²) in [6, 6.07) is 15.1. The van der Waals surface area contributed by atoms with Crippen LogP contribution in [-0.4, -0.2) is 42.3 Å². The zero-order valence-electron chi connectivity index (χ0n) is 16.7. The molecular weight excluding hydrogens is 410 g/mol. The Morgan fingerprint density at radius 3 is 2.07 bits per heavy atom. The maximum Gasteiger partial charge on any atom is 0.271 e. The van der Waals surface area contributed by atoms with Crippen LogP contribution in [0.1, 0.15) is 0 Å². The van der Waals surface area contributed by atoms with Gasteiger partial charge in [-0.05, 0) is 47.2 Å². The van der Waals surface area contributed by atoms with E-state index in [4.69, 9.17) is 18.9 Å². The number of hydrogen-bond acceptors (Lipinski definition) is 7. The average Bonchev–Trinajstić information content (AvgIpc) is 2.76. The van der Waals surface area contributed by atoms with Gasteiger partial charge in [0.2, 0.25) is 0 Å². The lowest BCUT2D eigenvalue weighted by atomic mass is 10.1. The smallest absolute Gasteiger partial charge is 0.271 e. The van der Waals surface area contributed by atoms with Gasteiger partial charge in [-0.2, -0.15) is 0 Å². The van der Waals surface area contributed by atoms with Crippen molar-refractivity contribution in [2.45, 2.75) is 4.90 Å². The molecule has 3 rings (SSSR count). The molecule has 1 amide bonds. The van der Waals surface area contributed by atoms with Gasteiger partial charge in [0, 0.05) is 6.07 Å². The summed E-state index contributed by atoms with van der Waals surface area (Å²) in [4.78, 5) is 12.0. The first-order valence-electron chi connectivity index (χ1n) is 8.84. The fourth-order valence-corrected chi connectivity index (χ4v) is 3.95. The topological polar surface area (TPSA) is 100 Å². The van der Waals surface area contributed by atoms with Crippen molar-refractivity contribution in [3.05, 3.63) is 54.6 Å². The average molecular weight is 431 g/mol. The SMILES string of the molecule is COc1ccc(OC)c(S(=O)(=O)NC(=O)COc2ccc3ccc(OC)cc3c2)c1. The van der Waals surface area contributed by atoms with Gasteiger partial charge >= 0.3 is 0 Å². The molecular formula is C21H21NO7S. The van der Waals surface area contributed by atoms with Crippen LogP contribution in [-0.2, 0) is 14.8 Å². The first-order valence-corrected chi connectivity index (χ1v) is 10.3. The zero-order chi connectivity index (χ0) is 21.7. The molecule has 0 unspecified atom stereocenters. The van der Waals surface area contributed by atoms with Crippen LogP contribution < -0.4 is 23.7 Å². The minimum atomic E-state index is -4.18. The number of amides is 1. The summed E-state index contributed by atoms with van der Waals surface area (Å²) in [5.74, 6) is 0.676. The van der Waals surface area contributed by atoms with Gasteiger partial charge in [-0.25, -0.2) is 13.1 Å². The molecule has 9 heteroatoms. The summed E-state index contributed by atoms with van der Waals surface area (Å²) < 4.78 is 48.0. The van der Waals surface area contributed by atoms with E-state index in [1.165, 1.54) is 26.4 Å². The predicted molar refractivity (Wildman–Crippen MR) is 111 cm³/mol. The van der Waals surface area contributed by atoms with Gasteiger partial charge in [0.15, 0.2) is 6.61 Å². The van der Waals surface area contributed by atoms with E-state index in [1.54, 1.807) is 25.3 Å². The van der Waals surface area contributed by atoms with Gasteiger partial charge in [0.05, 0.1) is 21.3 Å². The number of benzene rings is 3. The summed E-state index contributed by atoms with van der Waals surface area (Å²) in [5, 5.41) is 1.83. The minimum absolute atomic E-state index is 0.0838. The van der Waals surface area contributed by atoms with Crippen LogP contribution >= 0.6 is 0 Å². The molecule has 0 fully saturated rings. The van der Waals surface area contributed by atoms with Crippen molar-refractivity contribution in [3.8, 4) is 23.0 Å². The summed E-state index contributed by atoms with van der Waals surface area (Å²) in [5.41, 5.74) is 0. The van der Waals surface area contributed by atoms with Gasteiger partial charge in [-0.15, -0.1) is 0 Å². The molecule has 30 heavy (non-hydrogen) atoms. The van der Waals surface area contributed by atoms with Crippen LogP contribution in [0.5, 0.6) is 23.0 Å². The number of methoxy groups -OCH3 is 3. The molecule has 0 saturated carbocycles. The summed E-state index contributed by atoms with van der Waals surface area (Å²) in [7, 11) is 0.129. The van der Waals surface area contributed by atoms with Crippen molar-refractivity contribution in [2.75, 3.05) is 27.9 Å². The van der Waals surface area contributed by atoms with Crippen molar-refractivity contribution < 1.29 is 32.2 Å². The van der Waals surface area contributed by atoms with Gasteiger partial charge in [0.1, 0.15) is 27.9 Å². The first-order chi connectivity index (χ1) is 14.4. The molecule has 8 nitrogen and oxygen atoms in total. The molecule has 0 aliphatic rings. The standard InChI is InChI=1S/C21H21NO7S/c1-26-16-6-4-14-5-7-18(11-15(14)10-16)29-13-21(23)22-30(24,25)20-12-17(27-2)8-9-19(20)28-3/h4-12H,13H2,1-3H3,(H,22,23). The Morgan fingerprint density at radius 1 is 0.800 bits per heavy atom. The second-order valence-corrected chi connectivity index (χ2v) is 7.86. The second-order valence-electron chi connectivity index (χ2n) is 6.21. The molecule has 0 spiro atoms. The first kappa shape index (κ1) is 21.3. The van der Waals surface area contributed by atoms with Crippen molar-refractivity contribution in [2.24, 2.45) is 0 Å². The van der Waals surface area contributed by atoms with Crippen LogP contribution in [0.15, 0.2) is 59.5 Å². The van der Waals surface area contributed by atoms with Gasteiger partial charge in [-0.1, -0.05) is 12.1 Å². The third kappa shape index (κ3) is 4.74. The molecule has 0 radical (unpaired) electrons. The molecule has 0 aliphatic carbocycles. The van der Waals surface area contributed by atoms with Crippen molar-refractivity contribution in [1.29, 1.82) is 0 Å². The molecule has 1 N–H and O–H groups in total. The van der Waals surface area contributed by atoms with E-state index in [0.29, 0.717) is 17.2 Å². The highest BCUT2D eigenvalue weighted by Crippen LogP contribution is 2.28. The molecule has 0 saturated heterocycles. The molecule has 158 valence electrons. The Balaban J connectivity index is 1.72. The maximum atomic E-state index is 12.6. The quantitative estimate of drug-likeness (QED) is 0.585. The Labute approximate surface area is 174 Å². The lowest BCUT2D eigenvalue weighted by molar-refractivity contribution is -0.121.